The maximum atomic E-state index is 10.4. The Kier molecular flexibility index (Phi) is 4.44. The molecule has 0 fully saturated rings. The van der Waals surface area contributed by atoms with E-state index in [2.05, 4.69) is 0 Å². The van der Waals surface area contributed by atoms with Gasteiger partial charge in [-0.05, 0) is 19.4 Å². The normalized spacial score (nSPS) is 8.83. The second-order valence-corrected chi connectivity index (χ2v) is 2.61. The van der Waals surface area contributed by atoms with Gasteiger partial charge in [0.05, 0.1) is 5.97 Å². The summed E-state index contributed by atoms with van der Waals surface area (Å²) in [4.78, 5) is 10.4. The molecule has 0 amide bonds. The van der Waals surface area contributed by atoms with Gasteiger partial charge in [0, 0.05) is 5.56 Å². The van der Waals surface area contributed by atoms with E-state index in [1.54, 1.807) is 19.1 Å². The fourth-order valence-electron chi connectivity index (χ4n) is 1.04. The van der Waals surface area contributed by atoms with Gasteiger partial charge in [0.15, 0.2) is 0 Å². The van der Waals surface area contributed by atoms with Crippen LogP contribution >= 0.6 is 0 Å². The Morgan fingerprint density at radius 1 is 1.33 bits per heavy atom. The number of carboxylic acid groups (broad SMARTS) is 1. The Balaban J connectivity index is 0.00000121. The van der Waals surface area contributed by atoms with Crippen LogP contribution in [-0.4, -0.2) is 33.3 Å². The molecule has 3 heteroatoms. The van der Waals surface area contributed by atoms with Gasteiger partial charge in [0.1, 0.15) is 0 Å². The summed E-state index contributed by atoms with van der Waals surface area (Å²) >= 11 is 0. The summed E-state index contributed by atoms with van der Waals surface area (Å²) < 4.78 is 0. The van der Waals surface area contributed by atoms with Gasteiger partial charge in [-0.1, -0.05) is 23.8 Å². The predicted octanol–water partition coefficient (Wildman–Crippen LogP) is 0.286. The van der Waals surface area contributed by atoms with Crippen molar-refractivity contribution in [3.8, 4) is 0 Å². The van der Waals surface area contributed by atoms with Crippen molar-refractivity contribution in [2.75, 3.05) is 0 Å². The molecule has 12 heavy (non-hydrogen) atoms. The molecule has 0 bridgehead atoms. The van der Waals surface area contributed by atoms with Crippen molar-refractivity contribution in [1.29, 1.82) is 0 Å². The summed E-state index contributed by atoms with van der Waals surface area (Å²) in [5, 5.41) is 10.4. The molecule has 0 aliphatic carbocycles. The van der Waals surface area contributed by atoms with E-state index in [-0.39, 0.29) is 32.9 Å². The predicted molar refractivity (Wildman–Crippen MR) is 46.0 cm³/mol. The molecular formula is C9H9O2Tl. The summed E-state index contributed by atoms with van der Waals surface area (Å²) in [6.45, 7) is 3.68. The van der Waals surface area contributed by atoms with Crippen molar-refractivity contribution >= 4 is 33.3 Å². The molecule has 2 nitrogen and oxygen atoms in total. The third kappa shape index (κ3) is 2.58. The van der Waals surface area contributed by atoms with Gasteiger partial charge >= 0.3 is 27.3 Å². The van der Waals surface area contributed by atoms with Crippen molar-refractivity contribution in [2.45, 2.75) is 13.8 Å². The number of aromatic carboxylic acids is 1. The maximum Gasteiger partial charge on any atom is 1.00 e. The average Bonchev–Trinajstić information content (AvgIpc) is 1.85. The number of carboxylic acids is 1. The van der Waals surface area contributed by atoms with Gasteiger partial charge in [0.2, 0.25) is 0 Å². The molecule has 60 valence electrons. The Bertz CT molecular complexity index is 295. The van der Waals surface area contributed by atoms with Gasteiger partial charge < -0.3 is 9.90 Å². The van der Waals surface area contributed by atoms with Crippen LogP contribution in [0.2, 0.25) is 0 Å². The van der Waals surface area contributed by atoms with Crippen molar-refractivity contribution in [2.24, 2.45) is 0 Å². The Hall–Kier alpha value is -0.388. The van der Waals surface area contributed by atoms with E-state index in [1.807, 2.05) is 13.0 Å². The minimum absolute atomic E-state index is 0. The minimum Gasteiger partial charge on any atom is -0.545 e. The molecule has 0 aliphatic heterocycles. The first-order valence-corrected chi connectivity index (χ1v) is 3.40. The van der Waals surface area contributed by atoms with Crippen LogP contribution in [0.15, 0.2) is 18.2 Å². The molecule has 0 unspecified atom stereocenters. The molecule has 0 aromatic heterocycles. The topological polar surface area (TPSA) is 40.1 Å². The van der Waals surface area contributed by atoms with E-state index in [0.29, 0.717) is 0 Å². The molecule has 0 saturated heterocycles. The minimum atomic E-state index is -1.11. The maximum absolute atomic E-state index is 10.4. The first-order chi connectivity index (χ1) is 5.11. The molecule has 1 aromatic rings. The second-order valence-electron chi connectivity index (χ2n) is 2.61. The van der Waals surface area contributed by atoms with E-state index in [0.717, 1.165) is 11.1 Å². The standard InChI is InChI=1S/C9H10O2.Tl/c1-6-3-4-8(9(10)11)7(2)5-6;/h3-5H,1-2H3,(H,10,11);/q;+1/p-1. The Morgan fingerprint density at radius 2 is 1.92 bits per heavy atom. The zero-order chi connectivity index (χ0) is 8.43. The molecule has 0 atom stereocenters. The molecule has 0 heterocycles. The zero-order valence-corrected chi connectivity index (χ0v) is 11.6. The smallest absolute Gasteiger partial charge is 0.545 e. The first kappa shape index (κ1) is 11.6. The molecule has 0 aliphatic rings. The van der Waals surface area contributed by atoms with E-state index < -0.39 is 5.97 Å². The molecule has 0 radical (unpaired) electrons. The molecule has 1 aromatic carbocycles. The van der Waals surface area contributed by atoms with Gasteiger partial charge in [-0.2, -0.15) is 0 Å². The third-order valence-electron chi connectivity index (χ3n) is 1.60. The molecular weight excluding hydrogens is 344 g/mol. The van der Waals surface area contributed by atoms with E-state index >= 15 is 0 Å². The summed E-state index contributed by atoms with van der Waals surface area (Å²) in [5.41, 5.74) is 2.09. The van der Waals surface area contributed by atoms with Crippen LogP contribution in [0.4, 0.5) is 0 Å². The largest absolute Gasteiger partial charge is 1.00 e. The third-order valence-corrected chi connectivity index (χ3v) is 1.60. The van der Waals surface area contributed by atoms with Crippen molar-refractivity contribution < 1.29 is 9.90 Å². The molecule has 0 saturated carbocycles. The van der Waals surface area contributed by atoms with Gasteiger partial charge in [-0.15, -0.1) is 0 Å². The number of rotatable bonds is 1. The molecule has 0 N–H and O–H groups in total. The van der Waals surface area contributed by atoms with Gasteiger partial charge in [-0.25, -0.2) is 0 Å². The number of carbonyl (C=O) groups is 1. The van der Waals surface area contributed by atoms with Gasteiger partial charge in [0.25, 0.3) is 0 Å². The average molecular weight is 354 g/mol. The quantitative estimate of drug-likeness (QED) is 0.681. The number of hydrogen-bond donors (Lipinski definition) is 0. The zero-order valence-electron chi connectivity index (χ0n) is 7.13. The fraction of sp³-hybridized carbons (Fsp3) is 0.222. The van der Waals surface area contributed by atoms with Crippen LogP contribution in [0.5, 0.6) is 0 Å². The SMILES string of the molecule is Cc1ccc(C(=O)[O-])c(C)c1.[Tl+]. The second kappa shape index (κ2) is 4.59. The summed E-state index contributed by atoms with van der Waals surface area (Å²) in [7, 11) is 0. The van der Waals surface area contributed by atoms with Crippen LogP contribution < -0.4 is 5.11 Å². The van der Waals surface area contributed by atoms with Crippen LogP contribution in [0, 0.1) is 13.8 Å². The number of aryl methyl sites for hydroxylation is 2. The number of benzene rings is 1. The number of carbonyl (C=O) groups excluding carboxylic acids is 1. The van der Waals surface area contributed by atoms with Crippen LogP contribution in [0.1, 0.15) is 21.5 Å². The van der Waals surface area contributed by atoms with Gasteiger partial charge in [-0.3, -0.25) is 0 Å². The fourth-order valence-corrected chi connectivity index (χ4v) is 1.04. The van der Waals surface area contributed by atoms with Crippen LogP contribution in [-0.2, 0) is 0 Å². The number of hydrogen-bond acceptors (Lipinski definition) is 2. The van der Waals surface area contributed by atoms with Crippen LogP contribution in [0.25, 0.3) is 0 Å². The van der Waals surface area contributed by atoms with E-state index in [9.17, 15) is 9.90 Å². The molecule has 0 spiro atoms. The van der Waals surface area contributed by atoms with Crippen molar-refractivity contribution in [3.63, 3.8) is 0 Å². The summed E-state index contributed by atoms with van der Waals surface area (Å²) in [5.74, 6) is -1.11. The first-order valence-electron chi connectivity index (χ1n) is 3.40. The van der Waals surface area contributed by atoms with Crippen molar-refractivity contribution in [3.05, 3.63) is 34.9 Å². The summed E-state index contributed by atoms with van der Waals surface area (Å²) in [6, 6.07) is 5.16. The monoisotopic (exact) mass is 354 g/mol. The Morgan fingerprint density at radius 3 is 2.33 bits per heavy atom. The van der Waals surface area contributed by atoms with E-state index in [4.69, 9.17) is 0 Å². The van der Waals surface area contributed by atoms with E-state index in [1.165, 1.54) is 0 Å². The summed E-state index contributed by atoms with van der Waals surface area (Å²) in [6.07, 6.45) is 0. The van der Waals surface area contributed by atoms with Crippen molar-refractivity contribution in [1.82, 2.24) is 0 Å². The van der Waals surface area contributed by atoms with Crippen LogP contribution in [0.3, 0.4) is 0 Å². The molecule has 1 rings (SSSR count). The Labute approximate surface area is 91.8 Å².